The molecule has 0 aliphatic carbocycles. The van der Waals surface area contributed by atoms with Crippen molar-refractivity contribution in [1.82, 2.24) is 20.4 Å². The number of alkyl halides is 3. The first kappa shape index (κ1) is 25.3. The van der Waals surface area contributed by atoms with E-state index < -0.39 is 35.8 Å². The van der Waals surface area contributed by atoms with Crippen LogP contribution in [-0.2, 0) is 15.8 Å². The number of urea groups is 1. The van der Waals surface area contributed by atoms with Crippen molar-refractivity contribution >= 4 is 17.8 Å². The zero-order chi connectivity index (χ0) is 25.2. The Labute approximate surface area is 196 Å². The Morgan fingerprint density at radius 1 is 1.29 bits per heavy atom. The normalized spacial score (nSPS) is 19.3. The first-order chi connectivity index (χ1) is 16.0. The first-order valence-electron chi connectivity index (χ1n) is 11.2. The molecule has 0 radical (unpaired) electrons. The lowest BCUT2D eigenvalue weighted by Crippen LogP contribution is -2.49. The van der Waals surface area contributed by atoms with Crippen molar-refractivity contribution in [2.45, 2.75) is 45.5 Å². The van der Waals surface area contributed by atoms with Crippen LogP contribution in [0.1, 0.15) is 44.4 Å². The third-order valence-electron chi connectivity index (χ3n) is 5.94. The second-order valence-corrected chi connectivity index (χ2v) is 8.68. The standard InChI is InChI=1S/C24H29F3N4O3/c1-5-11-28-21(32)17(12-14(3)4)31-13-18-19(22(31)33)20(29-23(34)30(18)6-2)15-9-7-8-10-16(15)24(25,26)27/h5,7-10,14,17,20H,1,6,11-13H2,2-4H3,(H,28,32)(H,29,34). The van der Waals surface area contributed by atoms with Gasteiger partial charge >= 0.3 is 12.2 Å². The molecule has 1 aromatic carbocycles. The van der Waals surface area contributed by atoms with Gasteiger partial charge in [-0.15, -0.1) is 6.58 Å². The number of nitrogens with one attached hydrogen (secondary N) is 2. The second kappa shape index (κ2) is 9.90. The van der Waals surface area contributed by atoms with E-state index in [0.29, 0.717) is 12.1 Å². The molecule has 34 heavy (non-hydrogen) atoms. The minimum absolute atomic E-state index is 0.0427. The molecule has 0 bridgehead atoms. The van der Waals surface area contributed by atoms with E-state index in [1.807, 2.05) is 13.8 Å². The molecule has 2 atom stereocenters. The van der Waals surface area contributed by atoms with Gasteiger partial charge in [0, 0.05) is 13.1 Å². The smallest absolute Gasteiger partial charge is 0.351 e. The maximum absolute atomic E-state index is 13.8. The SMILES string of the molecule is C=CCNC(=O)C(CC(C)C)N1CC2=C(C1=O)C(c1ccccc1C(F)(F)F)NC(=O)N2CC. The Hall–Kier alpha value is -3.30. The van der Waals surface area contributed by atoms with E-state index in [9.17, 15) is 27.6 Å². The Morgan fingerprint density at radius 2 is 1.97 bits per heavy atom. The third-order valence-corrected chi connectivity index (χ3v) is 5.94. The predicted molar refractivity (Wildman–Crippen MR) is 120 cm³/mol. The van der Waals surface area contributed by atoms with Crippen LogP contribution < -0.4 is 10.6 Å². The number of carbonyl (C=O) groups is 3. The highest BCUT2D eigenvalue weighted by atomic mass is 19.4. The largest absolute Gasteiger partial charge is 0.416 e. The number of rotatable bonds is 8. The quantitative estimate of drug-likeness (QED) is 0.560. The highest BCUT2D eigenvalue weighted by molar-refractivity contribution is 6.03. The van der Waals surface area contributed by atoms with Crippen LogP contribution in [0, 0.1) is 5.92 Å². The summed E-state index contributed by atoms with van der Waals surface area (Å²) in [6.07, 6.45) is -2.80. The number of nitrogens with zero attached hydrogens (tertiary/aromatic N) is 2. The number of amides is 4. The van der Waals surface area contributed by atoms with E-state index in [1.54, 1.807) is 6.92 Å². The molecule has 0 saturated carbocycles. The van der Waals surface area contributed by atoms with Crippen LogP contribution in [0.3, 0.4) is 0 Å². The average molecular weight is 479 g/mol. The van der Waals surface area contributed by atoms with Crippen LogP contribution in [0.2, 0.25) is 0 Å². The Balaban J connectivity index is 2.08. The summed E-state index contributed by atoms with van der Waals surface area (Å²) >= 11 is 0. The maximum atomic E-state index is 13.8. The summed E-state index contributed by atoms with van der Waals surface area (Å²) in [5.74, 6) is -0.875. The van der Waals surface area contributed by atoms with Crippen molar-refractivity contribution in [3.05, 3.63) is 59.3 Å². The summed E-state index contributed by atoms with van der Waals surface area (Å²) in [4.78, 5) is 42.1. The van der Waals surface area contributed by atoms with E-state index in [1.165, 1.54) is 34.1 Å². The van der Waals surface area contributed by atoms with E-state index in [0.717, 1.165) is 6.07 Å². The highest BCUT2D eigenvalue weighted by Crippen LogP contribution is 2.42. The molecule has 2 unspecified atom stereocenters. The second-order valence-electron chi connectivity index (χ2n) is 8.68. The van der Waals surface area contributed by atoms with Gasteiger partial charge in [-0.3, -0.25) is 14.5 Å². The maximum Gasteiger partial charge on any atom is 0.416 e. The van der Waals surface area contributed by atoms with Gasteiger partial charge in [0.1, 0.15) is 6.04 Å². The fourth-order valence-electron chi connectivity index (χ4n) is 4.45. The summed E-state index contributed by atoms with van der Waals surface area (Å²) < 4.78 is 41.3. The molecule has 0 aromatic heterocycles. The van der Waals surface area contributed by atoms with Gasteiger partial charge in [0.05, 0.1) is 29.4 Å². The molecule has 0 saturated heterocycles. The summed E-state index contributed by atoms with van der Waals surface area (Å²) in [6.45, 7) is 9.50. The summed E-state index contributed by atoms with van der Waals surface area (Å²) in [7, 11) is 0. The van der Waals surface area contributed by atoms with Crippen LogP contribution in [0.5, 0.6) is 0 Å². The van der Waals surface area contributed by atoms with Gasteiger partial charge in [0.2, 0.25) is 5.91 Å². The van der Waals surface area contributed by atoms with Gasteiger partial charge in [-0.05, 0) is 30.9 Å². The van der Waals surface area contributed by atoms with Gasteiger partial charge in [-0.2, -0.15) is 13.2 Å². The number of likely N-dealkylation sites (N-methyl/N-ethyl adjacent to an activating group) is 1. The number of halogens is 3. The molecular formula is C24H29F3N4O3. The molecule has 2 N–H and O–H groups in total. The van der Waals surface area contributed by atoms with Gasteiger partial charge in [0.25, 0.3) is 5.91 Å². The lowest BCUT2D eigenvalue weighted by molar-refractivity contribution is -0.139. The van der Waals surface area contributed by atoms with Crippen molar-refractivity contribution in [3.63, 3.8) is 0 Å². The molecular weight excluding hydrogens is 449 g/mol. The lowest BCUT2D eigenvalue weighted by atomic mass is 9.91. The number of hydrogen-bond acceptors (Lipinski definition) is 3. The molecule has 3 rings (SSSR count). The number of carbonyl (C=O) groups excluding carboxylic acids is 3. The van der Waals surface area contributed by atoms with Crippen molar-refractivity contribution in [1.29, 1.82) is 0 Å². The topological polar surface area (TPSA) is 81.8 Å². The predicted octanol–water partition coefficient (Wildman–Crippen LogP) is 3.60. The van der Waals surface area contributed by atoms with Crippen LogP contribution in [-0.4, -0.2) is 53.3 Å². The molecule has 2 aliphatic rings. The molecule has 184 valence electrons. The third kappa shape index (κ3) is 4.80. The number of hydrogen-bond donors (Lipinski definition) is 2. The van der Waals surface area contributed by atoms with E-state index in [4.69, 9.17) is 0 Å². The highest BCUT2D eigenvalue weighted by Gasteiger charge is 2.48. The summed E-state index contributed by atoms with van der Waals surface area (Å²) in [5, 5.41) is 5.29. The van der Waals surface area contributed by atoms with Crippen molar-refractivity contribution in [2.75, 3.05) is 19.6 Å². The minimum Gasteiger partial charge on any atom is -0.351 e. The van der Waals surface area contributed by atoms with Crippen molar-refractivity contribution in [2.24, 2.45) is 5.92 Å². The molecule has 2 heterocycles. The first-order valence-corrected chi connectivity index (χ1v) is 11.2. The van der Waals surface area contributed by atoms with Crippen molar-refractivity contribution in [3.8, 4) is 0 Å². The van der Waals surface area contributed by atoms with E-state index >= 15 is 0 Å². The van der Waals surface area contributed by atoms with Crippen LogP contribution >= 0.6 is 0 Å². The lowest BCUT2D eigenvalue weighted by Gasteiger charge is -2.33. The Morgan fingerprint density at radius 3 is 2.56 bits per heavy atom. The van der Waals surface area contributed by atoms with Crippen LogP contribution in [0.25, 0.3) is 0 Å². The molecule has 7 nitrogen and oxygen atoms in total. The van der Waals surface area contributed by atoms with Gasteiger partial charge in [-0.1, -0.05) is 38.1 Å². The zero-order valence-corrected chi connectivity index (χ0v) is 19.4. The van der Waals surface area contributed by atoms with Gasteiger partial charge < -0.3 is 15.5 Å². The van der Waals surface area contributed by atoms with Crippen molar-refractivity contribution < 1.29 is 27.6 Å². The zero-order valence-electron chi connectivity index (χ0n) is 19.4. The molecule has 10 heteroatoms. The molecule has 4 amide bonds. The Kier molecular flexibility index (Phi) is 7.38. The number of benzene rings is 1. The van der Waals surface area contributed by atoms with E-state index in [-0.39, 0.29) is 42.6 Å². The summed E-state index contributed by atoms with van der Waals surface area (Å²) in [6, 6.07) is 2.17. The van der Waals surface area contributed by atoms with Crippen LogP contribution in [0.4, 0.5) is 18.0 Å². The monoisotopic (exact) mass is 478 g/mol. The fraction of sp³-hybridized carbons (Fsp3) is 0.458. The van der Waals surface area contributed by atoms with E-state index in [2.05, 4.69) is 17.2 Å². The average Bonchev–Trinajstić information content (AvgIpc) is 3.11. The van der Waals surface area contributed by atoms with Gasteiger partial charge in [-0.25, -0.2) is 4.79 Å². The summed E-state index contributed by atoms with van der Waals surface area (Å²) in [5.41, 5.74) is -0.754. The fourth-order valence-corrected chi connectivity index (χ4v) is 4.45. The molecule has 0 spiro atoms. The van der Waals surface area contributed by atoms with Gasteiger partial charge in [0.15, 0.2) is 0 Å². The van der Waals surface area contributed by atoms with Crippen LogP contribution in [0.15, 0.2) is 48.2 Å². The molecule has 2 aliphatic heterocycles. The Bertz CT molecular complexity index is 1020. The molecule has 1 aromatic rings. The molecule has 0 fully saturated rings. The minimum atomic E-state index is -4.67.